The summed E-state index contributed by atoms with van der Waals surface area (Å²) in [7, 11) is 3.07. The molecule has 3 aliphatic carbocycles. The molecule has 0 radical (unpaired) electrons. The highest BCUT2D eigenvalue weighted by molar-refractivity contribution is 6.24. The molecule has 33 heavy (non-hydrogen) atoms. The molecular formula is C23H26N2O8. The summed E-state index contributed by atoms with van der Waals surface area (Å²) in [5.74, 6) is -7.23. The number of nitrogens with two attached hydrogens (primary N) is 1. The number of aliphatic hydroxyl groups is 3. The highest BCUT2D eigenvalue weighted by atomic mass is 16.5. The quantitative estimate of drug-likeness (QED) is 0.389. The predicted molar refractivity (Wildman–Crippen MR) is 115 cm³/mol. The van der Waals surface area contributed by atoms with Crippen LogP contribution in [-0.4, -0.2) is 81.2 Å². The fourth-order valence-corrected chi connectivity index (χ4v) is 5.58. The van der Waals surface area contributed by atoms with Crippen molar-refractivity contribution in [2.45, 2.75) is 31.1 Å². The minimum atomic E-state index is -2.76. The van der Waals surface area contributed by atoms with Gasteiger partial charge in [-0.3, -0.25) is 19.3 Å². The summed E-state index contributed by atoms with van der Waals surface area (Å²) in [5.41, 5.74) is 2.06. The average molecular weight is 458 g/mol. The predicted octanol–water partition coefficient (Wildman–Crippen LogP) is -0.0210. The Hall–Kier alpha value is -3.21. The van der Waals surface area contributed by atoms with Gasteiger partial charge < -0.3 is 30.9 Å². The van der Waals surface area contributed by atoms with Crippen LogP contribution in [-0.2, 0) is 25.5 Å². The van der Waals surface area contributed by atoms with Crippen LogP contribution in [0.3, 0.4) is 0 Å². The maximum atomic E-state index is 13.8. The topological polar surface area (TPSA) is 171 Å². The standard InChI is InChI=1S/C23H26N2O8/c1-4-33-19-10-8-9-6-5-7-11(26)12(9)17(27)13(10)20(29)23(32)15(19)16(25(2)3)18(28)14(21(23)30)22(24)31/h5-7,10,15-16,19,26-27,30,32H,4,8H2,1-3H3,(H2,24,31)/t10-,15?,16+,19+,23+/m1/s1. The number of phenolic OH excluding ortho intramolecular Hbond substituents is 1. The minimum Gasteiger partial charge on any atom is -0.508 e. The number of amides is 1. The fourth-order valence-electron chi connectivity index (χ4n) is 5.58. The summed E-state index contributed by atoms with van der Waals surface area (Å²) >= 11 is 0. The van der Waals surface area contributed by atoms with E-state index in [0.29, 0.717) is 5.56 Å². The first-order valence-corrected chi connectivity index (χ1v) is 10.6. The molecule has 0 saturated heterocycles. The van der Waals surface area contributed by atoms with E-state index in [2.05, 4.69) is 0 Å². The lowest BCUT2D eigenvalue weighted by atomic mass is 9.56. The number of hydrogen-bond donors (Lipinski definition) is 5. The zero-order chi connectivity index (χ0) is 24.4. The number of nitrogens with zero attached hydrogens (tertiary/aromatic N) is 1. The first-order valence-electron chi connectivity index (χ1n) is 10.6. The van der Waals surface area contributed by atoms with Crippen LogP contribution in [0.2, 0.25) is 0 Å². The van der Waals surface area contributed by atoms with Gasteiger partial charge in [0.25, 0.3) is 5.91 Å². The molecule has 1 unspecified atom stereocenters. The van der Waals surface area contributed by atoms with E-state index in [4.69, 9.17) is 10.5 Å². The van der Waals surface area contributed by atoms with Crippen molar-refractivity contribution in [2.75, 3.05) is 20.7 Å². The number of carbonyl (C=O) groups excluding carboxylic acids is 3. The number of aliphatic hydroxyl groups excluding tert-OH is 2. The number of hydrogen-bond acceptors (Lipinski definition) is 9. The van der Waals surface area contributed by atoms with Crippen LogP contribution < -0.4 is 5.73 Å². The SMILES string of the molecule is CCO[C@@H]1C2[C@H](N(C)C)C(=O)C(C(N)=O)=C(O)[C@@]2(O)C(=O)C2=C(O)c3c(O)cccc3C[C@H]21. The molecule has 1 saturated carbocycles. The zero-order valence-electron chi connectivity index (χ0n) is 18.4. The van der Waals surface area contributed by atoms with Gasteiger partial charge >= 0.3 is 0 Å². The summed E-state index contributed by atoms with van der Waals surface area (Å²) in [4.78, 5) is 40.5. The minimum absolute atomic E-state index is 0.0454. The number of ketones is 2. The molecule has 176 valence electrons. The molecule has 4 rings (SSSR count). The third-order valence-electron chi connectivity index (χ3n) is 6.87. The Morgan fingerprint density at radius 2 is 1.91 bits per heavy atom. The molecule has 1 fully saturated rings. The molecule has 1 aromatic carbocycles. The van der Waals surface area contributed by atoms with E-state index < -0.39 is 64.1 Å². The van der Waals surface area contributed by atoms with Crippen molar-refractivity contribution < 1.29 is 39.5 Å². The number of likely N-dealkylation sites (N-methyl/N-ethyl adjacent to an activating group) is 1. The number of rotatable bonds is 4. The average Bonchev–Trinajstić information content (AvgIpc) is 2.72. The zero-order valence-corrected chi connectivity index (χ0v) is 18.4. The molecule has 0 aromatic heterocycles. The van der Waals surface area contributed by atoms with Gasteiger partial charge in [-0.1, -0.05) is 12.1 Å². The second-order valence-corrected chi connectivity index (χ2v) is 8.79. The van der Waals surface area contributed by atoms with Crippen LogP contribution in [0, 0.1) is 11.8 Å². The molecule has 0 heterocycles. The van der Waals surface area contributed by atoms with Crippen molar-refractivity contribution in [1.82, 2.24) is 4.90 Å². The molecule has 0 bridgehead atoms. The van der Waals surface area contributed by atoms with Crippen molar-refractivity contribution in [2.24, 2.45) is 17.6 Å². The van der Waals surface area contributed by atoms with Crippen LogP contribution in [0.25, 0.3) is 5.76 Å². The van der Waals surface area contributed by atoms with E-state index in [1.165, 1.54) is 25.1 Å². The molecule has 10 heteroatoms. The molecule has 0 spiro atoms. The lowest BCUT2D eigenvalue weighted by Crippen LogP contribution is -2.70. The summed E-state index contributed by atoms with van der Waals surface area (Å²) < 4.78 is 5.95. The van der Waals surface area contributed by atoms with Crippen molar-refractivity contribution in [3.63, 3.8) is 0 Å². The van der Waals surface area contributed by atoms with E-state index in [9.17, 15) is 34.8 Å². The molecule has 5 atom stereocenters. The number of primary amides is 1. The first kappa shape index (κ1) is 23.0. The summed E-state index contributed by atoms with van der Waals surface area (Å²) in [5, 5.41) is 44.0. The van der Waals surface area contributed by atoms with Gasteiger partial charge in [0.2, 0.25) is 5.78 Å². The smallest absolute Gasteiger partial charge is 0.255 e. The summed E-state index contributed by atoms with van der Waals surface area (Å²) in [6, 6.07) is 3.42. The third-order valence-corrected chi connectivity index (χ3v) is 6.87. The molecule has 1 aromatic rings. The van der Waals surface area contributed by atoms with E-state index in [0.717, 1.165) is 0 Å². The molecule has 10 nitrogen and oxygen atoms in total. The van der Waals surface area contributed by atoms with Crippen LogP contribution >= 0.6 is 0 Å². The maximum absolute atomic E-state index is 13.8. The number of benzene rings is 1. The second-order valence-electron chi connectivity index (χ2n) is 8.79. The number of Topliss-reactive ketones (excluding diaryl/α,β-unsaturated/α-hetero) is 2. The van der Waals surface area contributed by atoms with Crippen LogP contribution in [0.5, 0.6) is 5.75 Å². The maximum Gasteiger partial charge on any atom is 0.255 e. The van der Waals surface area contributed by atoms with Gasteiger partial charge in [-0.15, -0.1) is 0 Å². The summed E-state index contributed by atoms with van der Waals surface area (Å²) in [6.07, 6.45) is -0.827. The van der Waals surface area contributed by atoms with Crippen LogP contribution in [0.1, 0.15) is 18.1 Å². The van der Waals surface area contributed by atoms with E-state index in [1.807, 2.05) is 0 Å². The van der Waals surface area contributed by atoms with Gasteiger partial charge in [-0.05, 0) is 39.1 Å². The highest BCUT2D eigenvalue weighted by Crippen LogP contribution is 2.53. The molecule has 1 amide bonds. The Morgan fingerprint density at radius 3 is 2.48 bits per heavy atom. The molecular weight excluding hydrogens is 432 g/mol. The highest BCUT2D eigenvalue weighted by Gasteiger charge is 2.68. The van der Waals surface area contributed by atoms with E-state index >= 15 is 0 Å². The lowest BCUT2D eigenvalue weighted by Gasteiger charge is -2.53. The fraction of sp³-hybridized carbons (Fsp3) is 0.435. The van der Waals surface area contributed by atoms with Gasteiger partial charge in [0.15, 0.2) is 11.4 Å². The van der Waals surface area contributed by atoms with Crippen LogP contribution in [0.4, 0.5) is 0 Å². The number of phenols is 1. The monoisotopic (exact) mass is 458 g/mol. The Kier molecular flexibility index (Phi) is 5.35. The molecule has 0 aliphatic heterocycles. The largest absolute Gasteiger partial charge is 0.508 e. The van der Waals surface area contributed by atoms with Crippen molar-refractivity contribution in [1.29, 1.82) is 0 Å². The van der Waals surface area contributed by atoms with E-state index in [1.54, 1.807) is 19.1 Å². The lowest BCUT2D eigenvalue weighted by molar-refractivity contribution is -0.174. The van der Waals surface area contributed by atoms with Gasteiger partial charge in [0.05, 0.1) is 23.6 Å². The Balaban J connectivity index is 2.06. The summed E-state index contributed by atoms with van der Waals surface area (Å²) in [6.45, 7) is 1.84. The number of carbonyl (C=O) groups is 3. The Morgan fingerprint density at radius 1 is 1.24 bits per heavy atom. The van der Waals surface area contributed by atoms with Gasteiger partial charge in [0, 0.05) is 18.1 Å². The van der Waals surface area contributed by atoms with Gasteiger partial charge in [0.1, 0.15) is 22.8 Å². The van der Waals surface area contributed by atoms with Crippen molar-refractivity contribution >= 4 is 23.2 Å². The molecule has 6 N–H and O–H groups in total. The van der Waals surface area contributed by atoms with Gasteiger partial charge in [-0.25, -0.2) is 0 Å². The Bertz CT molecular complexity index is 1140. The Labute approximate surface area is 189 Å². The number of aromatic hydroxyl groups is 1. The number of fused-ring (bicyclic) bond motifs is 3. The van der Waals surface area contributed by atoms with Crippen molar-refractivity contribution in [3.05, 3.63) is 46.2 Å². The van der Waals surface area contributed by atoms with Gasteiger partial charge in [-0.2, -0.15) is 0 Å². The first-order chi connectivity index (χ1) is 15.5. The van der Waals surface area contributed by atoms with Crippen LogP contribution in [0.15, 0.2) is 35.1 Å². The third kappa shape index (κ3) is 2.94. The second kappa shape index (κ2) is 7.68. The van der Waals surface area contributed by atoms with Crippen molar-refractivity contribution in [3.8, 4) is 5.75 Å². The number of ether oxygens (including phenoxy) is 1. The van der Waals surface area contributed by atoms with E-state index in [-0.39, 0.29) is 29.9 Å². The normalized spacial score (nSPS) is 31.4. The molecule has 3 aliphatic rings.